The van der Waals surface area contributed by atoms with Gasteiger partial charge < -0.3 is 9.13 Å². The molecule has 8 aromatic rings. The summed E-state index contributed by atoms with van der Waals surface area (Å²) in [5.41, 5.74) is 7.84. The molecule has 0 saturated heterocycles. The molecule has 2 aliphatic heterocycles. The number of hydrogen-bond donors (Lipinski definition) is 0. The number of nitrogens with zero attached hydrogens (tertiary/aromatic N) is 10. The summed E-state index contributed by atoms with van der Waals surface area (Å²) in [5, 5.41) is 8.99. The third kappa shape index (κ3) is 9.12. The molecule has 0 N–H and O–H groups in total. The second-order valence-corrected chi connectivity index (χ2v) is 16.7. The largest absolute Gasteiger partial charge is 0.306 e. The van der Waals surface area contributed by atoms with Crippen molar-refractivity contribution in [2.75, 3.05) is 0 Å². The number of hydrogen-bond acceptors (Lipinski definition) is 6. The molecule has 2 aliphatic rings. The first-order valence-electron chi connectivity index (χ1n) is 21.6. The number of fused-ring (bicyclic) bond motifs is 2. The molecule has 0 fully saturated rings. The monoisotopic (exact) mass is 898 g/mol. The Bertz CT molecular complexity index is 2900. The summed E-state index contributed by atoms with van der Waals surface area (Å²) in [7, 11) is 0. The van der Waals surface area contributed by atoms with Gasteiger partial charge in [-0.15, -0.1) is 0 Å². The Morgan fingerprint density at radius 2 is 0.909 bits per heavy atom. The molecule has 0 saturated carbocycles. The lowest BCUT2D eigenvalue weighted by molar-refractivity contribution is 0.420. The predicted molar refractivity (Wildman–Crippen MR) is 239 cm³/mol. The Hall–Kier alpha value is -7.36. The van der Waals surface area contributed by atoms with Gasteiger partial charge in [0.25, 0.3) is 0 Å². The van der Waals surface area contributed by atoms with Gasteiger partial charge in [-0.2, -0.15) is 10.2 Å². The van der Waals surface area contributed by atoms with Gasteiger partial charge in [-0.25, -0.2) is 55.6 Å². The molecule has 0 amide bonds. The topological polar surface area (TPSA) is 97.1 Å². The van der Waals surface area contributed by atoms with Crippen LogP contribution in [-0.2, 0) is 13.1 Å². The lowest BCUT2D eigenvalue weighted by atomic mass is 9.90. The molecule has 0 bridgehead atoms. The highest BCUT2D eigenvalue weighted by Gasteiger charge is 2.32. The van der Waals surface area contributed by atoms with E-state index in [-0.39, 0.29) is 11.1 Å². The molecule has 16 heteroatoms. The standard InChI is InChI=1S/2C25H22F3N5/c2*1-15-10-17(5-7-22(15)32-13-16(2)29-14-32)6-8-23-30-25-19(4-3-9-33(25)31-23)24-20(27)11-18(26)12-21(24)28/h2*5-8,10-14,19H,3-4,9H2,1-2H3/b2*8-6+/t2*19-/m10/s1. The van der Waals surface area contributed by atoms with Crippen LogP contribution >= 0.6 is 0 Å². The first-order chi connectivity index (χ1) is 31.8. The van der Waals surface area contributed by atoms with E-state index in [9.17, 15) is 26.3 Å². The van der Waals surface area contributed by atoms with Crippen molar-refractivity contribution in [1.82, 2.24) is 48.6 Å². The molecular weight excluding hydrogens is 855 g/mol. The van der Waals surface area contributed by atoms with E-state index in [1.165, 1.54) is 0 Å². The van der Waals surface area contributed by atoms with Gasteiger partial charge in [-0.05, 0) is 112 Å². The quantitative estimate of drug-likeness (QED) is 0.141. The van der Waals surface area contributed by atoms with Crippen molar-refractivity contribution in [2.45, 2.75) is 78.3 Å². The maximum atomic E-state index is 14.4. The van der Waals surface area contributed by atoms with Crippen LogP contribution in [0.5, 0.6) is 0 Å². The minimum atomic E-state index is -0.931. The van der Waals surface area contributed by atoms with Crippen LogP contribution in [0.2, 0.25) is 0 Å². The highest BCUT2D eigenvalue weighted by Crippen LogP contribution is 2.37. The number of benzene rings is 4. The fourth-order valence-electron chi connectivity index (χ4n) is 8.79. The van der Waals surface area contributed by atoms with E-state index in [4.69, 9.17) is 0 Å². The van der Waals surface area contributed by atoms with Gasteiger partial charge in [-0.3, -0.25) is 0 Å². The van der Waals surface area contributed by atoms with Crippen molar-refractivity contribution in [3.05, 3.63) is 189 Å². The summed E-state index contributed by atoms with van der Waals surface area (Å²) in [6, 6.07) is 15.0. The van der Waals surface area contributed by atoms with Crippen LogP contribution in [0, 0.1) is 62.6 Å². The van der Waals surface area contributed by atoms with E-state index in [0.717, 1.165) is 45.0 Å². The van der Waals surface area contributed by atoms with Crippen LogP contribution in [0.1, 0.15) is 106 Å². The molecule has 10 rings (SSSR count). The van der Waals surface area contributed by atoms with Crippen molar-refractivity contribution >= 4 is 24.3 Å². The molecule has 2 atom stereocenters. The lowest BCUT2D eigenvalue weighted by Gasteiger charge is -2.23. The van der Waals surface area contributed by atoms with Gasteiger partial charge in [0, 0.05) is 84.1 Å². The Labute approximate surface area is 376 Å². The number of rotatable bonds is 8. The lowest BCUT2D eigenvalue weighted by Crippen LogP contribution is -2.20. The Morgan fingerprint density at radius 3 is 1.26 bits per heavy atom. The maximum absolute atomic E-state index is 14.4. The van der Waals surface area contributed by atoms with E-state index in [1.54, 1.807) is 34.2 Å². The Morgan fingerprint density at radius 1 is 0.515 bits per heavy atom. The summed E-state index contributed by atoms with van der Waals surface area (Å²) in [4.78, 5) is 17.6. The van der Waals surface area contributed by atoms with E-state index >= 15 is 0 Å². The van der Waals surface area contributed by atoms with E-state index in [1.807, 2.05) is 85.6 Å². The highest BCUT2D eigenvalue weighted by molar-refractivity contribution is 5.69. The van der Waals surface area contributed by atoms with Gasteiger partial charge in [0.15, 0.2) is 11.6 Å². The maximum Gasteiger partial charge on any atom is 0.174 e. The third-order valence-corrected chi connectivity index (χ3v) is 11.8. The highest BCUT2D eigenvalue weighted by atomic mass is 19.2. The van der Waals surface area contributed by atoms with Crippen molar-refractivity contribution in [3.8, 4) is 11.4 Å². The van der Waals surface area contributed by atoms with Gasteiger partial charge in [-0.1, -0.05) is 24.3 Å². The zero-order valence-electron chi connectivity index (χ0n) is 36.5. The summed E-state index contributed by atoms with van der Waals surface area (Å²) < 4.78 is 91.7. The molecular formula is C50H44F6N10. The van der Waals surface area contributed by atoms with Crippen molar-refractivity contribution in [3.63, 3.8) is 0 Å². The van der Waals surface area contributed by atoms with Gasteiger partial charge >= 0.3 is 0 Å². The first kappa shape index (κ1) is 43.9. The summed E-state index contributed by atoms with van der Waals surface area (Å²) in [6.07, 6.45) is 17.4. The van der Waals surface area contributed by atoms with Gasteiger partial charge in [0.1, 0.15) is 46.6 Å². The van der Waals surface area contributed by atoms with E-state index < -0.39 is 46.7 Å². The minimum Gasteiger partial charge on any atom is -0.306 e. The minimum absolute atomic E-state index is 0.152. The second-order valence-electron chi connectivity index (χ2n) is 16.7. The molecule has 66 heavy (non-hydrogen) atoms. The molecule has 4 aromatic carbocycles. The van der Waals surface area contributed by atoms with E-state index in [2.05, 4.69) is 42.3 Å². The molecule has 336 valence electrons. The molecule has 10 nitrogen and oxygen atoms in total. The van der Waals surface area contributed by atoms with Crippen molar-refractivity contribution < 1.29 is 26.3 Å². The van der Waals surface area contributed by atoms with Crippen LogP contribution in [0.25, 0.3) is 35.7 Å². The fourth-order valence-corrected chi connectivity index (χ4v) is 8.79. The number of halogens is 6. The summed E-state index contributed by atoms with van der Waals surface area (Å²) in [6.45, 7) is 9.20. The fraction of sp³-hybridized carbons (Fsp3) is 0.240. The zero-order valence-corrected chi connectivity index (χ0v) is 36.5. The molecule has 6 heterocycles. The van der Waals surface area contributed by atoms with Gasteiger partial charge in [0.2, 0.25) is 0 Å². The average Bonchev–Trinajstić information content (AvgIpc) is 4.09. The number of aromatic nitrogens is 10. The zero-order chi connectivity index (χ0) is 46.2. The van der Waals surface area contributed by atoms with Crippen molar-refractivity contribution in [1.29, 1.82) is 0 Å². The Kier molecular flexibility index (Phi) is 12.1. The number of imidazole rings is 2. The molecule has 0 unspecified atom stereocenters. The Balaban J connectivity index is 0.000000166. The second kappa shape index (κ2) is 18.3. The van der Waals surface area contributed by atoms with Crippen molar-refractivity contribution in [2.24, 2.45) is 0 Å². The number of aryl methyl sites for hydroxylation is 6. The molecule has 0 aliphatic carbocycles. The van der Waals surface area contributed by atoms with Crippen LogP contribution in [0.3, 0.4) is 0 Å². The normalized spacial score (nSPS) is 15.8. The summed E-state index contributed by atoms with van der Waals surface area (Å²) in [5.74, 6) is -4.73. The van der Waals surface area contributed by atoms with Crippen LogP contribution in [0.4, 0.5) is 26.3 Å². The molecule has 4 aromatic heterocycles. The average molecular weight is 899 g/mol. The predicted octanol–water partition coefficient (Wildman–Crippen LogP) is 11.2. The molecule has 0 radical (unpaired) electrons. The van der Waals surface area contributed by atoms with Crippen LogP contribution < -0.4 is 0 Å². The first-order valence-corrected chi connectivity index (χ1v) is 21.6. The molecule has 0 spiro atoms. The van der Waals surface area contributed by atoms with Crippen LogP contribution in [-0.4, -0.2) is 48.6 Å². The SMILES string of the molecule is Cc1cn(-c2ccc(/C=C/c3nc4n(n3)CCC[C@@H]4c3c(F)cc(F)cc3F)cc2C)cn1.Cc1cn(-c2ccc(/C=C/c3nc4n(n3)CCC[C@H]4c3c(F)cc(F)cc3F)cc2C)cn1. The van der Waals surface area contributed by atoms with E-state index in [0.29, 0.717) is 86.3 Å². The third-order valence-electron chi connectivity index (χ3n) is 11.8. The summed E-state index contributed by atoms with van der Waals surface area (Å²) >= 11 is 0. The van der Waals surface area contributed by atoms with Gasteiger partial charge in [0.05, 0.1) is 24.0 Å². The van der Waals surface area contributed by atoms with Crippen LogP contribution in [0.15, 0.2) is 85.7 Å². The smallest absolute Gasteiger partial charge is 0.174 e.